The van der Waals surface area contributed by atoms with E-state index >= 15 is 0 Å². The summed E-state index contributed by atoms with van der Waals surface area (Å²) in [6, 6.07) is 2.92. The maximum absolute atomic E-state index is 12.8. The number of alkyl halides is 3. The van der Waals surface area contributed by atoms with Crippen LogP contribution in [0, 0.1) is 0 Å². The van der Waals surface area contributed by atoms with Crippen LogP contribution in [0.5, 0.6) is 0 Å². The predicted molar refractivity (Wildman–Crippen MR) is 68.8 cm³/mol. The summed E-state index contributed by atoms with van der Waals surface area (Å²) in [5, 5.41) is 0. The van der Waals surface area contributed by atoms with Gasteiger partial charge in [-0.1, -0.05) is 0 Å². The van der Waals surface area contributed by atoms with Crippen LogP contribution in [-0.2, 0) is 25.9 Å². The topological polar surface area (TPSA) is 46.6 Å². The van der Waals surface area contributed by atoms with E-state index in [2.05, 4.69) is 0 Å². The fraction of sp³-hybridized carbons (Fsp3) is 0.429. The fourth-order valence-corrected chi connectivity index (χ4v) is 2.44. The highest BCUT2D eigenvalue weighted by Crippen LogP contribution is 2.44. The lowest BCUT2D eigenvalue weighted by Crippen LogP contribution is -2.43. The van der Waals surface area contributed by atoms with Gasteiger partial charge in [0.05, 0.1) is 12.2 Å². The van der Waals surface area contributed by atoms with Gasteiger partial charge in [-0.3, -0.25) is 9.59 Å². The van der Waals surface area contributed by atoms with E-state index in [9.17, 15) is 22.8 Å². The molecule has 1 amide bonds. The highest BCUT2D eigenvalue weighted by atomic mass is 19.4. The fourth-order valence-electron chi connectivity index (χ4n) is 2.44. The second-order valence-electron chi connectivity index (χ2n) is 4.94. The van der Waals surface area contributed by atoms with Crippen molar-refractivity contribution in [1.82, 2.24) is 0 Å². The predicted octanol–water partition coefficient (Wildman–Crippen LogP) is 2.50. The molecule has 0 spiro atoms. The molecule has 1 heterocycles. The van der Waals surface area contributed by atoms with E-state index in [1.54, 1.807) is 6.92 Å². The number of hydrogen-bond donors (Lipinski definition) is 0. The number of ether oxygens (including phenoxy) is 1. The monoisotopic (exact) mass is 301 g/mol. The van der Waals surface area contributed by atoms with Crippen molar-refractivity contribution in [3.8, 4) is 0 Å². The second kappa shape index (κ2) is 4.75. The molecule has 4 nitrogen and oxygen atoms in total. The first-order valence-electron chi connectivity index (χ1n) is 6.31. The minimum atomic E-state index is -4.55. The van der Waals surface area contributed by atoms with Crippen LogP contribution >= 0.6 is 0 Å². The summed E-state index contributed by atoms with van der Waals surface area (Å²) >= 11 is 0. The number of fused-ring (bicyclic) bond motifs is 1. The van der Waals surface area contributed by atoms with Crippen molar-refractivity contribution in [2.24, 2.45) is 0 Å². The molecule has 114 valence electrons. The number of amides is 1. The van der Waals surface area contributed by atoms with Gasteiger partial charge in [-0.15, -0.1) is 0 Å². The molecule has 1 aliphatic rings. The van der Waals surface area contributed by atoms with Gasteiger partial charge in [0, 0.05) is 18.3 Å². The summed E-state index contributed by atoms with van der Waals surface area (Å²) in [7, 11) is 1.42. The third-order valence-corrected chi connectivity index (χ3v) is 3.64. The summed E-state index contributed by atoms with van der Waals surface area (Å²) < 4.78 is 43.4. The van der Waals surface area contributed by atoms with Crippen molar-refractivity contribution in [3.05, 3.63) is 29.3 Å². The molecule has 1 atom stereocenters. The molecule has 7 heteroatoms. The molecular weight excluding hydrogens is 287 g/mol. The average molecular weight is 301 g/mol. The number of nitrogens with zero attached hydrogens (tertiary/aromatic N) is 1. The molecule has 0 fully saturated rings. The molecule has 1 unspecified atom stereocenters. The first-order chi connectivity index (χ1) is 9.64. The number of halogens is 3. The Bertz CT molecular complexity index is 612. The van der Waals surface area contributed by atoms with E-state index in [-0.39, 0.29) is 17.9 Å². The summed E-state index contributed by atoms with van der Waals surface area (Å²) in [4.78, 5) is 25.6. The van der Waals surface area contributed by atoms with Gasteiger partial charge in [-0.2, -0.15) is 13.2 Å². The number of esters is 1. The van der Waals surface area contributed by atoms with Crippen LogP contribution in [0.4, 0.5) is 18.9 Å². The molecule has 0 saturated carbocycles. The average Bonchev–Trinajstić information content (AvgIpc) is 2.61. The molecule has 1 aliphatic heterocycles. The first-order valence-corrected chi connectivity index (χ1v) is 6.31. The number of likely N-dealkylation sites (N-methyl/N-ethyl adjacent to an activating group) is 1. The van der Waals surface area contributed by atoms with Crippen LogP contribution in [-0.4, -0.2) is 25.5 Å². The molecule has 2 rings (SSSR count). The Kier molecular flexibility index (Phi) is 3.47. The molecule has 0 aliphatic carbocycles. The zero-order valence-electron chi connectivity index (χ0n) is 11.7. The Balaban J connectivity index is 2.63. The number of hydrogen-bond acceptors (Lipinski definition) is 3. The number of benzene rings is 1. The molecule has 21 heavy (non-hydrogen) atoms. The number of carbonyl (C=O) groups excluding carboxylic acids is 2. The van der Waals surface area contributed by atoms with E-state index in [0.717, 1.165) is 12.1 Å². The van der Waals surface area contributed by atoms with Gasteiger partial charge in [0.15, 0.2) is 5.41 Å². The van der Waals surface area contributed by atoms with E-state index < -0.39 is 29.0 Å². The highest BCUT2D eigenvalue weighted by Gasteiger charge is 2.53. The molecule has 1 aromatic rings. The lowest BCUT2D eigenvalue weighted by Gasteiger charge is -2.21. The summed E-state index contributed by atoms with van der Waals surface area (Å²) in [6.07, 6.45) is -4.55. The van der Waals surface area contributed by atoms with Crippen molar-refractivity contribution < 1.29 is 27.5 Å². The summed E-state index contributed by atoms with van der Waals surface area (Å²) in [6.45, 7) is 2.90. The SMILES string of the molecule is CCOC(=O)C1(C)C(=O)N(C)c2ccc(C(F)(F)F)cc21. The van der Waals surface area contributed by atoms with Gasteiger partial charge < -0.3 is 9.64 Å². The van der Waals surface area contributed by atoms with Crippen molar-refractivity contribution in [3.63, 3.8) is 0 Å². The molecule has 0 N–H and O–H groups in total. The van der Waals surface area contributed by atoms with E-state index in [0.29, 0.717) is 0 Å². The van der Waals surface area contributed by atoms with Gasteiger partial charge in [0.25, 0.3) is 0 Å². The quantitative estimate of drug-likeness (QED) is 0.623. The van der Waals surface area contributed by atoms with Crippen LogP contribution in [0.1, 0.15) is 25.0 Å². The van der Waals surface area contributed by atoms with Crippen LogP contribution in [0.3, 0.4) is 0 Å². The van der Waals surface area contributed by atoms with Crippen LogP contribution in [0.25, 0.3) is 0 Å². The Labute approximate surface area is 119 Å². The van der Waals surface area contributed by atoms with Crippen LogP contribution in [0.2, 0.25) is 0 Å². The van der Waals surface area contributed by atoms with Gasteiger partial charge in [-0.05, 0) is 32.0 Å². The lowest BCUT2D eigenvalue weighted by atomic mass is 9.83. The lowest BCUT2D eigenvalue weighted by molar-refractivity contribution is -0.153. The molecular formula is C14H14F3NO3. The van der Waals surface area contributed by atoms with Crippen molar-refractivity contribution in [2.45, 2.75) is 25.4 Å². The molecule has 0 saturated heterocycles. The minimum absolute atomic E-state index is 0.0169. The molecule has 0 aromatic heterocycles. The Morgan fingerprint density at radius 2 is 2.00 bits per heavy atom. The summed E-state index contributed by atoms with van der Waals surface area (Å²) in [5.74, 6) is -1.45. The zero-order valence-corrected chi connectivity index (χ0v) is 11.7. The van der Waals surface area contributed by atoms with Crippen molar-refractivity contribution in [1.29, 1.82) is 0 Å². The van der Waals surface area contributed by atoms with Gasteiger partial charge in [0.1, 0.15) is 0 Å². The van der Waals surface area contributed by atoms with E-state index in [1.807, 2.05) is 0 Å². The Morgan fingerprint density at radius 1 is 1.38 bits per heavy atom. The van der Waals surface area contributed by atoms with E-state index in [4.69, 9.17) is 4.74 Å². The standard InChI is InChI=1S/C14H14F3NO3/c1-4-21-12(20)13(2)9-7-8(14(15,16)17)5-6-10(9)18(3)11(13)19/h5-7H,4H2,1-3H3. The van der Waals surface area contributed by atoms with Gasteiger partial charge in [-0.25, -0.2) is 0 Å². The smallest absolute Gasteiger partial charge is 0.416 e. The Morgan fingerprint density at radius 3 is 2.52 bits per heavy atom. The van der Waals surface area contributed by atoms with Crippen LogP contribution < -0.4 is 4.90 Å². The van der Waals surface area contributed by atoms with Gasteiger partial charge >= 0.3 is 12.1 Å². The molecule has 0 bridgehead atoms. The minimum Gasteiger partial charge on any atom is -0.465 e. The maximum atomic E-state index is 12.8. The van der Waals surface area contributed by atoms with Crippen molar-refractivity contribution >= 4 is 17.6 Å². The molecule has 0 radical (unpaired) electrons. The number of anilines is 1. The zero-order chi connectivity index (χ0) is 16.0. The third-order valence-electron chi connectivity index (χ3n) is 3.64. The number of carbonyl (C=O) groups is 2. The van der Waals surface area contributed by atoms with Gasteiger partial charge in [0.2, 0.25) is 5.91 Å². The second-order valence-corrected chi connectivity index (χ2v) is 4.94. The van der Waals surface area contributed by atoms with E-state index in [1.165, 1.54) is 24.9 Å². The maximum Gasteiger partial charge on any atom is 0.416 e. The Hall–Kier alpha value is -2.05. The van der Waals surface area contributed by atoms with Crippen molar-refractivity contribution in [2.75, 3.05) is 18.6 Å². The third kappa shape index (κ3) is 2.16. The normalized spacial score (nSPS) is 21.4. The van der Waals surface area contributed by atoms with Crippen LogP contribution in [0.15, 0.2) is 18.2 Å². The number of rotatable bonds is 2. The molecule has 1 aromatic carbocycles. The first kappa shape index (κ1) is 15.3. The summed E-state index contributed by atoms with van der Waals surface area (Å²) in [5.41, 5.74) is -2.35. The largest absolute Gasteiger partial charge is 0.465 e. The highest BCUT2D eigenvalue weighted by molar-refractivity contribution is 6.19.